The molecule has 2 rings (SSSR count). The van der Waals surface area contributed by atoms with Gasteiger partial charge in [0.05, 0.1) is 0 Å². The highest BCUT2D eigenvalue weighted by Crippen LogP contribution is 2.24. The zero-order chi connectivity index (χ0) is 19.4. The van der Waals surface area contributed by atoms with Crippen molar-refractivity contribution in [1.29, 1.82) is 0 Å². The van der Waals surface area contributed by atoms with E-state index >= 15 is 0 Å². The van der Waals surface area contributed by atoms with Crippen molar-refractivity contribution in [2.45, 2.75) is 23.1 Å². The normalized spacial score (nSPS) is 11.3. The first-order valence-electron chi connectivity index (χ1n) is 7.44. The standard InChI is InChI=1S/C17H16N2O5S2/c1-2-3-13-19(17(20)14-9-5-4-6-10-14)26(23,24)16-12-8-7-11-15(16)25(18,21)22/h4-12H,2H2,1H3,(H2,18,21,22). The SMILES string of the molecule is CCC#CN(C(=O)c1ccccc1)S(=O)(=O)c1ccccc1S(N)(=O)=O. The molecule has 0 radical (unpaired) electrons. The summed E-state index contributed by atoms with van der Waals surface area (Å²) in [5.74, 6) is 1.64. The van der Waals surface area contributed by atoms with Crippen molar-refractivity contribution in [3.63, 3.8) is 0 Å². The van der Waals surface area contributed by atoms with Gasteiger partial charge >= 0.3 is 0 Å². The third kappa shape index (κ3) is 4.11. The number of hydrogen-bond acceptors (Lipinski definition) is 5. The van der Waals surface area contributed by atoms with E-state index in [9.17, 15) is 21.6 Å². The van der Waals surface area contributed by atoms with Crippen LogP contribution in [0, 0.1) is 12.0 Å². The summed E-state index contributed by atoms with van der Waals surface area (Å²) in [5, 5.41) is 5.11. The predicted molar refractivity (Wildman–Crippen MR) is 95.7 cm³/mol. The molecule has 0 aromatic heterocycles. The Morgan fingerprint density at radius 3 is 2.04 bits per heavy atom. The van der Waals surface area contributed by atoms with E-state index in [0.29, 0.717) is 10.7 Å². The predicted octanol–water partition coefficient (Wildman–Crippen LogP) is 1.54. The van der Waals surface area contributed by atoms with E-state index in [-0.39, 0.29) is 5.56 Å². The van der Waals surface area contributed by atoms with Crippen molar-refractivity contribution in [2.24, 2.45) is 5.14 Å². The molecule has 0 bridgehead atoms. The van der Waals surface area contributed by atoms with Crippen LogP contribution in [0.2, 0.25) is 0 Å². The molecule has 2 N–H and O–H groups in total. The number of carbonyl (C=O) groups is 1. The molecule has 136 valence electrons. The quantitative estimate of drug-likeness (QED) is 0.626. The van der Waals surface area contributed by atoms with Crippen LogP contribution < -0.4 is 5.14 Å². The molecule has 2 aromatic carbocycles. The molecule has 0 spiro atoms. The van der Waals surface area contributed by atoms with Crippen LogP contribution in [0.4, 0.5) is 0 Å². The first-order valence-corrected chi connectivity index (χ1v) is 10.4. The fraction of sp³-hybridized carbons (Fsp3) is 0.118. The van der Waals surface area contributed by atoms with Crippen molar-refractivity contribution in [3.05, 3.63) is 60.2 Å². The van der Waals surface area contributed by atoms with E-state index in [1.165, 1.54) is 24.3 Å². The van der Waals surface area contributed by atoms with Crippen LogP contribution in [0.1, 0.15) is 23.7 Å². The summed E-state index contributed by atoms with van der Waals surface area (Å²) in [6.07, 6.45) is 0.297. The number of primary sulfonamides is 1. The number of rotatable bonds is 4. The van der Waals surface area contributed by atoms with Gasteiger partial charge in [-0.05, 0) is 24.3 Å². The molecule has 0 heterocycles. The molecule has 0 fully saturated rings. The summed E-state index contributed by atoms with van der Waals surface area (Å²) in [6, 6.07) is 14.8. The highest BCUT2D eigenvalue weighted by Gasteiger charge is 2.33. The van der Waals surface area contributed by atoms with E-state index < -0.39 is 35.7 Å². The highest BCUT2D eigenvalue weighted by atomic mass is 32.2. The summed E-state index contributed by atoms with van der Waals surface area (Å²) in [5.41, 5.74) is 0.0922. The molecule has 0 saturated carbocycles. The minimum absolute atomic E-state index is 0.0922. The molecule has 7 nitrogen and oxygen atoms in total. The molecule has 0 aliphatic carbocycles. The first kappa shape index (κ1) is 19.7. The number of benzene rings is 2. The number of nitrogens with two attached hydrogens (primary N) is 1. The zero-order valence-electron chi connectivity index (χ0n) is 13.8. The van der Waals surface area contributed by atoms with Crippen molar-refractivity contribution in [1.82, 2.24) is 4.31 Å². The van der Waals surface area contributed by atoms with Gasteiger partial charge in [0.1, 0.15) is 9.79 Å². The Balaban J connectivity index is 2.68. The van der Waals surface area contributed by atoms with E-state index in [1.54, 1.807) is 25.1 Å². The van der Waals surface area contributed by atoms with E-state index in [1.807, 2.05) is 0 Å². The number of sulfonamides is 2. The van der Waals surface area contributed by atoms with E-state index in [2.05, 4.69) is 12.0 Å². The molecule has 1 amide bonds. The monoisotopic (exact) mass is 392 g/mol. The lowest BCUT2D eigenvalue weighted by atomic mass is 10.2. The minimum atomic E-state index is -4.58. The molecule has 26 heavy (non-hydrogen) atoms. The fourth-order valence-corrected chi connectivity index (χ4v) is 4.62. The smallest absolute Gasteiger partial charge is 0.267 e. The lowest BCUT2D eigenvalue weighted by Gasteiger charge is -2.17. The molecular weight excluding hydrogens is 376 g/mol. The van der Waals surface area contributed by atoms with Gasteiger partial charge in [-0.15, -0.1) is 0 Å². The average Bonchev–Trinajstić information content (AvgIpc) is 2.61. The maximum atomic E-state index is 13.0. The molecule has 2 aromatic rings. The topological polar surface area (TPSA) is 115 Å². The van der Waals surface area contributed by atoms with Crippen LogP contribution in [0.3, 0.4) is 0 Å². The van der Waals surface area contributed by atoms with Crippen LogP contribution in [0.15, 0.2) is 64.4 Å². The highest BCUT2D eigenvalue weighted by molar-refractivity contribution is 7.92. The Morgan fingerprint density at radius 1 is 0.962 bits per heavy atom. The van der Waals surface area contributed by atoms with Gasteiger partial charge in [-0.25, -0.2) is 13.6 Å². The number of nitrogens with zero attached hydrogens (tertiary/aromatic N) is 1. The Bertz CT molecular complexity index is 1080. The Labute approximate surface area is 152 Å². The Kier molecular flexibility index (Phi) is 5.82. The van der Waals surface area contributed by atoms with E-state index in [4.69, 9.17) is 5.14 Å². The largest absolute Gasteiger partial charge is 0.279 e. The molecule has 0 aliphatic rings. The molecule has 0 unspecified atom stereocenters. The Morgan fingerprint density at radius 2 is 1.50 bits per heavy atom. The van der Waals surface area contributed by atoms with Gasteiger partial charge in [-0.3, -0.25) is 4.79 Å². The lowest BCUT2D eigenvalue weighted by molar-refractivity contribution is 0.0905. The van der Waals surface area contributed by atoms with Gasteiger partial charge in [-0.2, -0.15) is 12.7 Å². The van der Waals surface area contributed by atoms with Crippen LogP contribution in [-0.4, -0.2) is 27.0 Å². The van der Waals surface area contributed by atoms with Gasteiger partial charge in [0, 0.05) is 18.0 Å². The number of carbonyl (C=O) groups excluding carboxylic acids is 1. The third-order valence-electron chi connectivity index (χ3n) is 3.24. The fourth-order valence-electron chi connectivity index (χ4n) is 2.07. The molecular formula is C17H16N2O5S2. The molecule has 0 atom stereocenters. The van der Waals surface area contributed by atoms with Gasteiger partial charge in [0.2, 0.25) is 10.0 Å². The third-order valence-corrected chi connectivity index (χ3v) is 5.98. The lowest BCUT2D eigenvalue weighted by Crippen LogP contribution is -2.34. The number of hydrogen-bond donors (Lipinski definition) is 1. The van der Waals surface area contributed by atoms with Crippen molar-refractivity contribution >= 4 is 26.0 Å². The second-order valence-electron chi connectivity index (χ2n) is 5.07. The van der Waals surface area contributed by atoms with Crippen LogP contribution in [-0.2, 0) is 20.0 Å². The van der Waals surface area contributed by atoms with Crippen LogP contribution in [0.5, 0.6) is 0 Å². The van der Waals surface area contributed by atoms with Crippen LogP contribution >= 0.6 is 0 Å². The van der Waals surface area contributed by atoms with Gasteiger partial charge in [-0.1, -0.05) is 43.2 Å². The first-order chi connectivity index (χ1) is 12.2. The van der Waals surface area contributed by atoms with Crippen molar-refractivity contribution < 1.29 is 21.6 Å². The van der Waals surface area contributed by atoms with E-state index in [0.717, 1.165) is 12.1 Å². The second kappa shape index (κ2) is 7.70. The maximum Gasteiger partial charge on any atom is 0.279 e. The maximum absolute atomic E-state index is 13.0. The second-order valence-corrected chi connectivity index (χ2v) is 8.36. The van der Waals surface area contributed by atoms with Crippen molar-refractivity contribution in [3.8, 4) is 12.0 Å². The molecule has 9 heteroatoms. The summed E-state index contributed by atoms with van der Waals surface area (Å²) in [4.78, 5) is 11.5. The van der Waals surface area contributed by atoms with Gasteiger partial charge in [0.15, 0.2) is 0 Å². The van der Waals surface area contributed by atoms with Crippen LogP contribution in [0.25, 0.3) is 0 Å². The summed E-state index contributed by atoms with van der Waals surface area (Å²) < 4.78 is 49.9. The summed E-state index contributed by atoms with van der Waals surface area (Å²) in [6.45, 7) is 1.68. The summed E-state index contributed by atoms with van der Waals surface area (Å²) in [7, 11) is -8.91. The van der Waals surface area contributed by atoms with Gasteiger partial charge in [0.25, 0.3) is 15.9 Å². The molecule has 0 saturated heterocycles. The zero-order valence-corrected chi connectivity index (χ0v) is 15.4. The summed E-state index contributed by atoms with van der Waals surface area (Å²) >= 11 is 0. The van der Waals surface area contributed by atoms with Crippen molar-refractivity contribution in [2.75, 3.05) is 0 Å². The Hall–Kier alpha value is -2.67. The van der Waals surface area contributed by atoms with Gasteiger partial charge < -0.3 is 0 Å². The molecule has 0 aliphatic heterocycles. The average molecular weight is 392 g/mol. The number of amides is 1. The minimum Gasteiger partial charge on any atom is -0.267 e.